The van der Waals surface area contributed by atoms with Crippen LogP contribution in [0.4, 0.5) is 0 Å². The summed E-state index contributed by atoms with van der Waals surface area (Å²) < 4.78 is 62.6. The summed E-state index contributed by atoms with van der Waals surface area (Å²) in [5, 5.41) is 0. The van der Waals surface area contributed by atoms with Crippen molar-refractivity contribution in [3.05, 3.63) is 54.1 Å². The number of carbonyl (C=O) groups is 1. The van der Waals surface area contributed by atoms with E-state index in [4.69, 9.17) is 15.2 Å². The molecule has 0 saturated carbocycles. The van der Waals surface area contributed by atoms with E-state index in [9.17, 15) is 21.6 Å². The van der Waals surface area contributed by atoms with E-state index in [1.165, 1.54) is 25.1 Å². The predicted octanol–water partition coefficient (Wildman–Crippen LogP) is 1.82. The number of sulfone groups is 1. The number of amides is 1. The number of ether oxygens (including phenoxy) is 2. The van der Waals surface area contributed by atoms with Gasteiger partial charge in [0.05, 0.1) is 22.7 Å². The summed E-state index contributed by atoms with van der Waals surface area (Å²) in [6.45, 7) is 3.73. The van der Waals surface area contributed by atoms with Gasteiger partial charge in [0.15, 0.2) is 11.5 Å². The van der Waals surface area contributed by atoms with Gasteiger partial charge in [0, 0.05) is 12.3 Å². The second-order valence-electron chi connectivity index (χ2n) is 8.60. The van der Waals surface area contributed by atoms with E-state index in [0.29, 0.717) is 23.1 Å². The van der Waals surface area contributed by atoms with Crippen LogP contribution < -0.4 is 15.2 Å². The minimum absolute atomic E-state index is 0.195. The molecular weight excluding hydrogens is 480 g/mol. The van der Waals surface area contributed by atoms with Crippen molar-refractivity contribution in [2.24, 2.45) is 17.6 Å². The lowest BCUT2D eigenvalue weighted by Gasteiger charge is -2.34. The smallest absolute Gasteiger partial charge is 0.268 e. The number of benzene rings is 2. The first kappa shape index (κ1) is 26.0. The van der Waals surface area contributed by atoms with Crippen molar-refractivity contribution in [2.75, 3.05) is 25.2 Å². The highest BCUT2D eigenvalue weighted by molar-refractivity contribution is 7.90. The third-order valence-corrected chi connectivity index (χ3v) is 8.41. The van der Waals surface area contributed by atoms with E-state index in [2.05, 4.69) is 0 Å². The van der Waals surface area contributed by atoms with Crippen LogP contribution in [0.1, 0.15) is 19.4 Å². The fourth-order valence-corrected chi connectivity index (χ4v) is 6.52. The predicted molar refractivity (Wildman–Crippen MR) is 128 cm³/mol. The first-order valence-corrected chi connectivity index (χ1v) is 14.4. The van der Waals surface area contributed by atoms with Gasteiger partial charge in [-0.3, -0.25) is 4.79 Å². The van der Waals surface area contributed by atoms with E-state index in [1.807, 2.05) is 30.3 Å². The van der Waals surface area contributed by atoms with Gasteiger partial charge in [-0.25, -0.2) is 21.1 Å². The molecule has 1 amide bonds. The van der Waals surface area contributed by atoms with Crippen LogP contribution in [0.2, 0.25) is 0 Å². The van der Waals surface area contributed by atoms with Crippen LogP contribution in [0.15, 0.2) is 53.4 Å². The number of sulfonamides is 1. The van der Waals surface area contributed by atoms with Crippen molar-refractivity contribution in [2.45, 2.75) is 31.3 Å². The van der Waals surface area contributed by atoms with Crippen LogP contribution in [-0.4, -0.2) is 58.4 Å². The van der Waals surface area contributed by atoms with Crippen molar-refractivity contribution in [3.8, 4) is 11.5 Å². The van der Waals surface area contributed by atoms with Crippen LogP contribution in [0.3, 0.4) is 0 Å². The van der Waals surface area contributed by atoms with Crippen molar-refractivity contribution >= 4 is 25.8 Å². The van der Waals surface area contributed by atoms with Crippen LogP contribution in [0.25, 0.3) is 0 Å². The number of rotatable bonds is 9. The van der Waals surface area contributed by atoms with Gasteiger partial charge in [-0.05, 0) is 30.0 Å². The highest BCUT2D eigenvalue weighted by Gasteiger charge is 2.39. The van der Waals surface area contributed by atoms with E-state index in [1.54, 1.807) is 6.92 Å². The number of nitrogens with two attached hydrogens (primary N) is 1. The Labute approximate surface area is 200 Å². The SMILES string of the molecule is CC(CS(C)(=O)=O)C(=O)N([C@H](N)[C@@H](C)Cc1ccccc1)S(=O)(=O)c1ccc2c(c1)OCCO2. The maximum atomic E-state index is 13.7. The maximum Gasteiger partial charge on any atom is 0.268 e. The van der Waals surface area contributed by atoms with Crippen molar-refractivity contribution in [3.63, 3.8) is 0 Å². The highest BCUT2D eigenvalue weighted by Crippen LogP contribution is 2.34. The number of hydrogen-bond donors (Lipinski definition) is 1. The summed E-state index contributed by atoms with van der Waals surface area (Å²) in [7, 11) is -7.98. The zero-order chi connectivity index (χ0) is 25.1. The van der Waals surface area contributed by atoms with E-state index in [-0.39, 0.29) is 17.3 Å². The Balaban J connectivity index is 2.00. The van der Waals surface area contributed by atoms with Gasteiger partial charge in [-0.1, -0.05) is 44.2 Å². The molecule has 2 aromatic carbocycles. The molecule has 0 fully saturated rings. The Morgan fingerprint density at radius 3 is 2.24 bits per heavy atom. The van der Waals surface area contributed by atoms with Gasteiger partial charge in [-0.2, -0.15) is 0 Å². The standard InChI is InChI=1S/C23H30N2O7S2/c1-16(13-18-7-5-4-6-8-18)22(24)25(23(26)17(2)15-33(3,27)28)34(29,30)19-9-10-20-21(14-19)32-12-11-31-20/h4-10,14,16-17,22H,11-13,15,24H2,1-3H3/t16-,17?,22-/m0/s1. The fraction of sp³-hybridized carbons (Fsp3) is 0.435. The minimum Gasteiger partial charge on any atom is -0.486 e. The molecule has 1 aliphatic heterocycles. The second-order valence-corrected chi connectivity index (χ2v) is 12.6. The molecule has 0 saturated heterocycles. The first-order chi connectivity index (χ1) is 15.9. The van der Waals surface area contributed by atoms with Crippen molar-refractivity contribution in [1.29, 1.82) is 0 Å². The second kappa shape index (κ2) is 10.3. The number of nitrogens with zero attached hydrogens (tertiary/aromatic N) is 1. The third kappa shape index (κ3) is 6.08. The van der Waals surface area contributed by atoms with Gasteiger partial charge in [0.1, 0.15) is 23.1 Å². The van der Waals surface area contributed by atoms with Crippen molar-refractivity contribution in [1.82, 2.24) is 4.31 Å². The summed E-state index contributed by atoms with van der Waals surface area (Å²) >= 11 is 0. The third-order valence-electron chi connectivity index (χ3n) is 5.52. The Morgan fingerprint density at radius 2 is 1.62 bits per heavy atom. The molecule has 0 aromatic heterocycles. The van der Waals surface area contributed by atoms with E-state index in [0.717, 1.165) is 11.8 Å². The lowest BCUT2D eigenvalue weighted by Crippen LogP contribution is -2.54. The lowest BCUT2D eigenvalue weighted by molar-refractivity contribution is -0.131. The average Bonchev–Trinajstić information content (AvgIpc) is 2.78. The number of hydrogen-bond acceptors (Lipinski definition) is 8. The molecule has 3 atom stereocenters. The minimum atomic E-state index is -4.44. The number of carbonyl (C=O) groups excluding carboxylic acids is 1. The Hall–Kier alpha value is -2.63. The molecule has 1 heterocycles. The Morgan fingerprint density at radius 1 is 1.00 bits per heavy atom. The topological polar surface area (TPSA) is 133 Å². The van der Waals surface area contributed by atoms with Crippen LogP contribution in [-0.2, 0) is 31.1 Å². The zero-order valence-electron chi connectivity index (χ0n) is 19.4. The van der Waals surface area contributed by atoms with Gasteiger partial charge in [-0.15, -0.1) is 0 Å². The molecule has 0 spiro atoms. The summed E-state index contributed by atoms with van der Waals surface area (Å²) in [4.78, 5) is 13.2. The quantitative estimate of drug-likeness (QED) is 0.505. The molecule has 186 valence electrons. The molecule has 1 aliphatic rings. The van der Waals surface area contributed by atoms with Gasteiger partial charge < -0.3 is 15.2 Å². The summed E-state index contributed by atoms with van der Waals surface area (Å²) in [6.07, 6.45) is 0.185. The molecular formula is C23H30N2O7S2. The molecule has 34 heavy (non-hydrogen) atoms. The molecule has 11 heteroatoms. The summed E-state index contributed by atoms with van der Waals surface area (Å²) in [5.74, 6) is -2.31. The normalized spacial score (nSPS) is 16.4. The molecule has 0 bridgehead atoms. The summed E-state index contributed by atoms with van der Waals surface area (Å²) in [5.41, 5.74) is 7.32. The largest absolute Gasteiger partial charge is 0.486 e. The molecule has 9 nitrogen and oxygen atoms in total. The molecule has 2 aromatic rings. The highest BCUT2D eigenvalue weighted by atomic mass is 32.2. The van der Waals surface area contributed by atoms with E-state index < -0.39 is 49.5 Å². The molecule has 0 aliphatic carbocycles. The first-order valence-electron chi connectivity index (χ1n) is 10.9. The Kier molecular flexibility index (Phi) is 7.89. The monoisotopic (exact) mass is 510 g/mol. The summed E-state index contributed by atoms with van der Waals surface area (Å²) in [6, 6.07) is 13.4. The molecule has 3 rings (SSSR count). The Bertz CT molecular complexity index is 1230. The molecule has 0 radical (unpaired) electrons. The van der Waals surface area contributed by atoms with Gasteiger partial charge in [0.2, 0.25) is 5.91 Å². The molecule has 2 N–H and O–H groups in total. The van der Waals surface area contributed by atoms with Gasteiger partial charge in [0.25, 0.3) is 10.0 Å². The lowest BCUT2D eigenvalue weighted by atomic mass is 9.98. The average molecular weight is 511 g/mol. The molecule has 1 unspecified atom stereocenters. The van der Waals surface area contributed by atoms with Crippen LogP contribution in [0.5, 0.6) is 11.5 Å². The number of fused-ring (bicyclic) bond motifs is 1. The zero-order valence-corrected chi connectivity index (χ0v) is 21.0. The van der Waals surface area contributed by atoms with Crippen LogP contribution in [0, 0.1) is 11.8 Å². The van der Waals surface area contributed by atoms with Crippen LogP contribution >= 0.6 is 0 Å². The maximum absolute atomic E-state index is 13.7. The van der Waals surface area contributed by atoms with Gasteiger partial charge >= 0.3 is 0 Å². The van der Waals surface area contributed by atoms with Crippen molar-refractivity contribution < 1.29 is 31.1 Å². The van der Waals surface area contributed by atoms with E-state index >= 15 is 0 Å². The fourth-order valence-electron chi connectivity index (χ4n) is 3.80.